The van der Waals surface area contributed by atoms with E-state index >= 15 is 0 Å². The van der Waals surface area contributed by atoms with Gasteiger partial charge < -0.3 is 0 Å². The Morgan fingerprint density at radius 2 is 1.94 bits per heavy atom. The van der Waals surface area contributed by atoms with E-state index in [4.69, 9.17) is 0 Å². The van der Waals surface area contributed by atoms with Gasteiger partial charge in [-0.05, 0) is 36.8 Å². The standard InChI is InChI=1S/C13H12N2O/c1-10-2-3-12(9-15-10)13(16)8-11-4-6-14-7-5-11/h2-7,9H,8H2,1H3. The molecule has 2 heterocycles. The molecule has 0 aromatic carbocycles. The van der Waals surface area contributed by atoms with Crippen LogP contribution in [0.15, 0.2) is 42.9 Å². The first-order valence-electron chi connectivity index (χ1n) is 5.10. The average Bonchev–Trinajstić information content (AvgIpc) is 2.31. The van der Waals surface area contributed by atoms with E-state index in [2.05, 4.69) is 9.97 Å². The number of Topliss-reactive ketones (excluding diaryl/α,β-unsaturated/α-hetero) is 1. The van der Waals surface area contributed by atoms with Crippen LogP contribution in [0.4, 0.5) is 0 Å². The van der Waals surface area contributed by atoms with Crippen molar-refractivity contribution in [3.63, 3.8) is 0 Å². The highest BCUT2D eigenvalue weighted by Crippen LogP contribution is 2.06. The lowest BCUT2D eigenvalue weighted by Crippen LogP contribution is -2.04. The number of carbonyl (C=O) groups excluding carboxylic acids is 1. The van der Waals surface area contributed by atoms with Gasteiger partial charge in [-0.3, -0.25) is 14.8 Å². The van der Waals surface area contributed by atoms with Gasteiger partial charge >= 0.3 is 0 Å². The van der Waals surface area contributed by atoms with Gasteiger partial charge in [-0.25, -0.2) is 0 Å². The van der Waals surface area contributed by atoms with Crippen LogP contribution in [0.2, 0.25) is 0 Å². The predicted octanol–water partition coefficient (Wildman–Crippen LogP) is 2.21. The predicted molar refractivity (Wildman–Crippen MR) is 61.2 cm³/mol. The van der Waals surface area contributed by atoms with Crippen molar-refractivity contribution in [3.8, 4) is 0 Å². The van der Waals surface area contributed by atoms with Crippen LogP contribution in [0.1, 0.15) is 21.6 Å². The summed E-state index contributed by atoms with van der Waals surface area (Å²) in [6, 6.07) is 7.35. The molecule has 80 valence electrons. The maximum atomic E-state index is 11.9. The lowest BCUT2D eigenvalue weighted by atomic mass is 10.1. The van der Waals surface area contributed by atoms with E-state index in [0.29, 0.717) is 12.0 Å². The first kappa shape index (κ1) is 10.5. The molecular formula is C13H12N2O. The van der Waals surface area contributed by atoms with Crippen molar-refractivity contribution in [2.24, 2.45) is 0 Å². The maximum absolute atomic E-state index is 11.9. The van der Waals surface area contributed by atoms with Gasteiger partial charge in [0, 0.05) is 36.3 Å². The lowest BCUT2D eigenvalue weighted by molar-refractivity contribution is 0.0992. The van der Waals surface area contributed by atoms with Crippen LogP contribution in [0.25, 0.3) is 0 Å². The summed E-state index contributed by atoms with van der Waals surface area (Å²) in [6.07, 6.45) is 5.40. The number of ketones is 1. The first-order chi connectivity index (χ1) is 7.75. The normalized spacial score (nSPS) is 10.1. The van der Waals surface area contributed by atoms with E-state index in [0.717, 1.165) is 11.3 Å². The van der Waals surface area contributed by atoms with E-state index in [1.807, 2.05) is 31.2 Å². The van der Waals surface area contributed by atoms with Gasteiger partial charge in [-0.1, -0.05) is 0 Å². The van der Waals surface area contributed by atoms with Gasteiger partial charge in [0.25, 0.3) is 0 Å². The number of carbonyl (C=O) groups is 1. The highest BCUT2D eigenvalue weighted by molar-refractivity contribution is 5.97. The minimum absolute atomic E-state index is 0.0821. The molecule has 0 spiro atoms. The molecule has 0 radical (unpaired) electrons. The Kier molecular flexibility index (Phi) is 3.05. The van der Waals surface area contributed by atoms with Gasteiger partial charge in [0.05, 0.1) is 0 Å². The van der Waals surface area contributed by atoms with Crippen molar-refractivity contribution in [1.29, 1.82) is 0 Å². The summed E-state index contributed by atoms with van der Waals surface area (Å²) in [5, 5.41) is 0. The second-order valence-electron chi connectivity index (χ2n) is 3.64. The van der Waals surface area contributed by atoms with Gasteiger partial charge in [0.2, 0.25) is 0 Å². The Morgan fingerprint density at radius 1 is 1.19 bits per heavy atom. The molecule has 0 aliphatic rings. The van der Waals surface area contributed by atoms with E-state index < -0.39 is 0 Å². The third kappa shape index (κ3) is 2.51. The summed E-state index contributed by atoms with van der Waals surface area (Å²) in [6.45, 7) is 1.90. The van der Waals surface area contributed by atoms with E-state index in [1.165, 1.54) is 0 Å². The fourth-order valence-corrected chi connectivity index (χ4v) is 1.42. The van der Waals surface area contributed by atoms with Crippen molar-refractivity contribution in [1.82, 2.24) is 9.97 Å². The monoisotopic (exact) mass is 212 g/mol. The Morgan fingerprint density at radius 3 is 2.56 bits per heavy atom. The molecule has 2 aromatic heterocycles. The third-order valence-corrected chi connectivity index (χ3v) is 2.35. The van der Waals surface area contributed by atoms with Crippen LogP contribution >= 0.6 is 0 Å². The molecule has 0 amide bonds. The van der Waals surface area contributed by atoms with Crippen LogP contribution in [-0.4, -0.2) is 15.8 Å². The molecule has 0 aliphatic heterocycles. The Bertz CT molecular complexity index is 477. The summed E-state index contributed by atoms with van der Waals surface area (Å²) < 4.78 is 0. The SMILES string of the molecule is Cc1ccc(C(=O)Cc2ccncc2)cn1. The van der Waals surface area contributed by atoms with Crippen molar-refractivity contribution in [3.05, 3.63) is 59.7 Å². The number of hydrogen-bond donors (Lipinski definition) is 0. The summed E-state index contributed by atoms with van der Waals surface area (Å²) in [5.41, 5.74) is 2.54. The van der Waals surface area contributed by atoms with Gasteiger partial charge in [-0.15, -0.1) is 0 Å². The quantitative estimate of drug-likeness (QED) is 0.732. The highest BCUT2D eigenvalue weighted by atomic mass is 16.1. The van der Waals surface area contributed by atoms with Crippen LogP contribution in [-0.2, 0) is 6.42 Å². The molecule has 0 atom stereocenters. The Balaban J connectivity index is 2.12. The number of aryl methyl sites for hydroxylation is 1. The molecule has 3 nitrogen and oxygen atoms in total. The molecule has 2 rings (SSSR count). The van der Waals surface area contributed by atoms with Gasteiger partial charge in [-0.2, -0.15) is 0 Å². The number of aromatic nitrogens is 2. The Labute approximate surface area is 94.2 Å². The second-order valence-corrected chi connectivity index (χ2v) is 3.64. The third-order valence-electron chi connectivity index (χ3n) is 2.35. The molecule has 0 saturated carbocycles. The largest absolute Gasteiger partial charge is 0.294 e. The van der Waals surface area contributed by atoms with E-state index in [1.54, 1.807) is 18.6 Å². The number of hydrogen-bond acceptors (Lipinski definition) is 3. The molecule has 2 aromatic rings. The van der Waals surface area contributed by atoms with E-state index in [9.17, 15) is 4.79 Å². The molecule has 3 heteroatoms. The Hall–Kier alpha value is -2.03. The minimum atomic E-state index is 0.0821. The highest BCUT2D eigenvalue weighted by Gasteiger charge is 2.06. The second kappa shape index (κ2) is 4.66. The van der Waals surface area contributed by atoms with Crippen LogP contribution < -0.4 is 0 Å². The minimum Gasteiger partial charge on any atom is -0.294 e. The molecule has 16 heavy (non-hydrogen) atoms. The number of nitrogens with zero attached hydrogens (tertiary/aromatic N) is 2. The van der Waals surface area contributed by atoms with Crippen molar-refractivity contribution in [2.45, 2.75) is 13.3 Å². The number of pyridine rings is 2. The smallest absolute Gasteiger partial charge is 0.168 e. The summed E-state index contributed by atoms with van der Waals surface area (Å²) >= 11 is 0. The summed E-state index contributed by atoms with van der Waals surface area (Å²) in [7, 11) is 0. The zero-order chi connectivity index (χ0) is 11.4. The number of rotatable bonds is 3. The molecule has 0 N–H and O–H groups in total. The van der Waals surface area contributed by atoms with E-state index in [-0.39, 0.29) is 5.78 Å². The van der Waals surface area contributed by atoms with Gasteiger partial charge in [0.15, 0.2) is 5.78 Å². The van der Waals surface area contributed by atoms with Crippen LogP contribution in [0.3, 0.4) is 0 Å². The fraction of sp³-hybridized carbons (Fsp3) is 0.154. The summed E-state index contributed by atoms with van der Waals surface area (Å²) in [4.78, 5) is 19.9. The fourth-order valence-electron chi connectivity index (χ4n) is 1.42. The molecule has 0 aliphatic carbocycles. The topological polar surface area (TPSA) is 42.9 Å². The van der Waals surface area contributed by atoms with Gasteiger partial charge in [0.1, 0.15) is 0 Å². The molecule has 0 saturated heterocycles. The summed E-state index contributed by atoms with van der Waals surface area (Å²) in [5.74, 6) is 0.0821. The zero-order valence-electron chi connectivity index (χ0n) is 9.05. The lowest BCUT2D eigenvalue weighted by Gasteiger charge is -2.01. The van der Waals surface area contributed by atoms with Crippen LogP contribution in [0, 0.1) is 6.92 Å². The average molecular weight is 212 g/mol. The molecular weight excluding hydrogens is 200 g/mol. The molecule has 0 bridgehead atoms. The first-order valence-corrected chi connectivity index (χ1v) is 5.10. The van der Waals surface area contributed by atoms with Crippen molar-refractivity contribution >= 4 is 5.78 Å². The van der Waals surface area contributed by atoms with Crippen molar-refractivity contribution in [2.75, 3.05) is 0 Å². The maximum Gasteiger partial charge on any atom is 0.168 e. The van der Waals surface area contributed by atoms with Crippen molar-refractivity contribution < 1.29 is 4.79 Å². The van der Waals surface area contributed by atoms with Crippen LogP contribution in [0.5, 0.6) is 0 Å². The molecule has 0 unspecified atom stereocenters. The molecule has 0 fully saturated rings. The zero-order valence-corrected chi connectivity index (χ0v) is 9.05.